The van der Waals surface area contributed by atoms with Gasteiger partial charge in [-0.2, -0.15) is 0 Å². The molecule has 2 fully saturated rings. The van der Waals surface area contributed by atoms with Gasteiger partial charge in [0, 0.05) is 37.2 Å². The lowest BCUT2D eigenvalue weighted by atomic mass is 10.0. The fraction of sp³-hybridized carbons (Fsp3) is 0.643. The van der Waals surface area contributed by atoms with Gasteiger partial charge in [-0.15, -0.1) is 0 Å². The van der Waals surface area contributed by atoms with Gasteiger partial charge in [-0.25, -0.2) is 4.98 Å². The van der Waals surface area contributed by atoms with Crippen LogP contribution >= 0.6 is 0 Å². The number of para-hydroxylation sites is 1. The summed E-state index contributed by atoms with van der Waals surface area (Å²) >= 11 is 0. The molecule has 1 N–H and O–H groups in total. The second-order valence-electron chi connectivity index (χ2n) is 10.0. The van der Waals surface area contributed by atoms with E-state index in [1.165, 1.54) is 25.7 Å². The summed E-state index contributed by atoms with van der Waals surface area (Å²) < 4.78 is 17.8. The second kappa shape index (κ2) is 12.5. The lowest BCUT2D eigenvalue weighted by molar-refractivity contribution is 0.0567. The quantitative estimate of drug-likeness (QED) is 0.401. The maximum Gasteiger partial charge on any atom is 0.273 e. The minimum absolute atomic E-state index is 0.0588. The molecule has 0 spiro atoms. The molecule has 1 aromatic heterocycles. The molecule has 192 valence electrons. The van der Waals surface area contributed by atoms with E-state index in [0.717, 1.165) is 49.9 Å². The third-order valence-corrected chi connectivity index (χ3v) is 7.08. The minimum Gasteiger partial charge on any atom is -0.490 e. The molecule has 1 saturated carbocycles. The van der Waals surface area contributed by atoms with Crippen molar-refractivity contribution in [2.24, 2.45) is 0 Å². The van der Waals surface area contributed by atoms with E-state index >= 15 is 0 Å². The first kappa shape index (κ1) is 25.7. The SMILES string of the molecule is COCCOc1cc(C(=O)N(C(C)C)[C@@H]2CCCNC2)nc2c(OC3CCCCCC3)cccc12. The lowest BCUT2D eigenvalue weighted by Gasteiger charge is -2.37. The number of piperidine rings is 1. The van der Waals surface area contributed by atoms with Crippen molar-refractivity contribution in [3.05, 3.63) is 30.0 Å². The van der Waals surface area contributed by atoms with Gasteiger partial charge < -0.3 is 24.4 Å². The van der Waals surface area contributed by atoms with Crippen molar-refractivity contribution in [3.63, 3.8) is 0 Å². The van der Waals surface area contributed by atoms with Gasteiger partial charge >= 0.3 is 0 Å². The number of benzene rings is 1. The van der Waals surface area contributed by atoms with E-state index in [9.17, 15) is 4.79 Å². The van der Waals surface area contributed by atoms with E-state index < -0.39 is 0 Å². The molecule has 7 heteroatoms. The fourth-order valence-electron chi connectivity index (χ4n) is 5.31. The molecule has 1 saturated heterocycles. The van der Waals surface area contributed by atoms with Crippen LogP contribution in [0.15, 0.2) is 24.3 Å². The molecule has 2 aromatic rings. The molecule has 2 heterocycles. The van der Waals surface area contributed by atoms with Crippen LogP contribution in [0.25, 0.3) is 10.9 Å². The number of carbonyl (C=O) groups is 1. The number of methoxy groups -OCH3 is 1. The summed E-state index contributed by atoms with van der Waals surface area (Å²) in [6.45, 7) is 6.83. The van der Waals surface area contributed by atoms with Crippen molar-refractivity contribution in [2.45, 2.75) is 83.4 Å². The number of carbonyl (C=O) groups excluding carboxylic acids is 1. The number of fused-ring (bicyclic) bond motifs is 1. The molecule has 4 rings (SSSR count). The number of aromatic nitrogens is 1. The molecule has 0 bridgehead atoms. The first-order chi connectivity index (χ1) is 17.1. The van der Waals surface area contributed by atoms with E-state index in [-0.39, 0.29) is 24.1 Å². The highest BCUT2D eigenvalue weighted by Crippen LogP contribution is 2.34. The van der Waals surface area contributed by atoms with Crippen LogP contribution in [0.3, 0.4) is 0 Å². The molecule has 0 unspecified atom stereocenters. The highest BCUT2D eigenvalue weighted by Gasteiger charge is 2.30. The van der Waals surface area contributed by atoms with Crippen LogP contribution in [0.1, 0.15) is 75.7 Å². The zero-order valence-corrected chi connectivity index (χ0v) is 21.6. The number of nitrogens with one attached hydrogen (secondary N) is 1. The van der Waals surface area contributed by atoms with Gasteiger partial charge in [0.05, 0.1) is 12.7 Å². The van der Waals surface area contributed by atoms with E-state index in [0.29, 0.717) is 30.2 Å². The Morgan fingerprint density at radius 3 is 2.57 bits per heavy atom. The summed E-state index contributed by atoms with van der Waals surface area (Å²) in [5, 5.41) is 4.30. The molecule has 1 aromatic carbocycles. The normalized spacial score (nSPS) is 19.5. The van der Waals surface area contributed by atoms with Gasteiger partial charge in [-0.1, -0.05) is 18.9 Å². The van der Waals surface area contributed by atoms with Gasteiger partial charge in [-0.3, -0.25) is 4.79 Å². The number of pyridine rings is 1. The summed E-state index contributed by atoms with van der Waals surface area (Å²) in [6, 6.07) is 7.96. The Morgan fingerprint density at radius 1 is 1.09 bits per heavy atom. The predicted molar refractivity (Wildman–Crippen MR) is 138 cm³/mol. The number of amides is 1. The Hall–Kier alpha value is -2.38. The molecule has 1 aliphatic carbocycles. The van der Waals surface area contributed by atoms with E-state index in [4.69, 9.17) is 19.2 Å². The Morgan fingerprint density at radius 2 is 1.89 bits per heavy atom. The monoisotopic (exact) mass is 483 g/mol. The fourth-order valence-corrected chi connectivity index (χ4v) is 5.31. The van der Waals surface area contributed by atoms with Crippen LogP contribution in [0.4, 0.5) is 0 Å². The van der Waals surface area contributed by atoms with Crippen molar-refractivity contribution in [3.8, 4) is 11.5 Å². The smallest absolute Gasteiger partial charge is 0.273 e. The average Bonchev–Trinajstić information content (AvgIpc) is 3.13. The van der Waals surface area contributed by atoms with Crippen molar-refractivity contribution >= 4 is 16.8 Å². The van der Waals surface area contributed by atoms with Crippen LogP contribution in [0, 0.1) is 0 Å². The highest BCUT2D eigenvalue weighted by atomic mass is 16.5. The van der Waals surface area contributed by atoms with E-state index in [1.54, 1.807) is 13.2 Å². The van der Waals surface area contributed by atoms with Crippen molar-refractivity contribution in [1.29, 1.82) is 0 Å². The maximum atomic E-state index is 13.9. The summed E-state index contributed by atoms with van der Waals surface area (Å²) in [4.78, 5) is 20.8. The molecule has 1 amide bonds. The number of ether oxygens (including phenoxy) is 3. The van der Waals surface area contributed by atoms with E-state index in [2.05, 4.69) is 19.2 Å². The number of rotatable bonds is 9. The van der Waals surface area contributed by atoms with Gasteiger partial charge in [0.2, 0.25) is 0 Å². The zero-order chi connectivity index (χ0) is 24.6. The van der Waals surface area contributed by atoms with Crippen molar-refractivity contribution in [2.75, 3.05) is 33.4 Å². The zero-order valence-electron chi connectivity index (χ0n) is 21.6. The number of hydrogen-bond acceptors (Lipinski definition) is 6. The molecular weight excluding hydrogens is 442 g/mol. The first-order valence-electron chi connectivity index (χ1n) is 13.3. The van der Waals surface area contributed by atoms with Crippen LogP contribution in [0.5, 0.6) is 11.5 Å². The van der Waals surface area contributed by atoms with Gasteiger partial charge in [0.1, 0.15) is 29.3 Å². The van der Waals surface area contributed by atoms with E-state index in [1.807, 2.05) is 23.1 Å². The molecule has 1 aliphatic heterocycles. The van der Waals surface area contributed by atoms with Crippen LogP contribution < -0.4 is 14.8 Å². The first-order valence-corrected chi connectivity index (χ1v) is 13.3. The third kappa shape index (κ3) is 6.44. The van der Waals surface area contributed by atoms with Crippen molar-refractivity contribution < 1.29 is 19.0 Å². The Kier molecular flexibility index (Phi) is 9.21. The Balaban J connectivity index is 1.71. The Labute approximate surface area is 209 Å². The van der Waals surface area contributed by atoms with Crippen LogP contribution in [-0.4, -0.2) is 67.4 Å². The molecular formula is C28H41N3O4. The number of nitrogens with zero attached hydrogens (tertiary/aromatic N) is 2. The molecule has 2 aliphatic rings. The third-order valence-electron chi connectivity index (χ3n) is 7.08. The Bertz CT molecular complexity index is 966. The average molecular weight is 484 g/mol. The van der Waals surface area contributed by atoms with Gasteiger partial charge in [0.25, 0.3) is 5.91 Å². The predicted octanol–water partition coefficient (Wildman–Crippen LogP) is 4.96. The topological polar surface area (TPSA) is 72.9 Å². The van der Waals surface area contributed by atoms with Crippen LogP contribution in [-0.2, 0) is 4.74 Å². The van der Waals surface area contributed by atoms with Crippen molar-refractivity contribution in [1.82, 2.24) is 15.2 Å². The minimum atomic E-state index is -0.0588. The molecule has 1 atom stereocenters. The van der Waals surface area contributed by atoms with Gasteiger partial charge in [0.15, 0.2) is 0 Å². The summed E-state index contributed by atoms with van der Waals surface area (Å²) in [6.07, 6.45) is 9.28. The summed E-state index contributed by atoms with van der Waals surface area (Å²) in [7, 11) is 1.65. The lowest BCUT2D eigenvalue weighted by Crippen LogP contribution is -2.51. The van der Waals surface area contributed by atoms with Crippen LogP contribution in [0.2, 0.25) is 0 Å². The second-order valence-corrected chi connectivity index (χ2v) is 10.0. The standard InChI is InChI=1S/C28H41N3O4/c1-20(2)31(21-10-9-15-29-19-21)28(32)24-18-26(34-17-16-33-3)23-13-8-14-25(27(23)30-24)35-22-11-6-4-5-7-12-22/h8,13-14,18,20-22,29H,4-7,9-12,15-17,19H2,1-3H3/t21-/m1/s1. The summed E-state index contributed by atoms with van der Waals surface area (Å²) in [5.41, 5.74) is 1.10. The maximum absolute atomic E-state index is 13.9. The van der Waals surface area contributed by atoms with Gasteiger partial charge in [-0.05, 0) is 71.0 Å². The molecule has 35 heavy (non-hydrogen) atoms. The largest absolute Gasteiger partial charge is 0.490 e. The molecule has 7 nitrogen and oxygen atoms in total. The molecule has 0 radical (unpaired) electrons. The number of hydrogen-bond donors (Lipinski definition) is 1. The summed E-state index contributed by atoms with van der Waals surface area (Å²) in [5.74, 6) is 1.32. The highest BCUT2D eigenvalue weighted by molar-refractivity contribution is 5.98.